The van der Waals surface area contributed by atoms with Crippen LogP contribution < -0.4 is 11.5 Å². The van der Waals surface area contributed by atoms with Gasteiger partial charge in [-0.2, -0.15) is 0 Å². The summed E-state index contributed by atoms with van der Waals surface area (Å²) in [6, 6.07) is 5.18. The Morgan fingerprint density at radius 3 is 2.68 bits per heavy atom. The standard InChI is InChI=1S/C14H21N3O2/c1-17(7-9-4-12(18)5-9)8-11-3-2-10(14(16)19)6-13(11)15/h2-3,6,9,12,18H,4-5,7-8,15H2,1H3,(H2,16,19). The molecule has 0 atom stereocenters. The molecule has 0 aromatic heterocycles. The molecule has 19 heavy (non-hydrogen) atoms. The lowest BCUT2D eigenvalue weighted by molar-refractivity contribution is 0.0274. The predicted octanol–water partition coefficient (Wildman–Crippen LogP) is 0.570. The molecule has 0 aliphatic heterocycles. The summed E-state index contributed by atoms with van der Waals surface area (Å²) in [7, 11) is 2.03. The number of nitrogen functional groups attached to an aromatic ring is 1. The van der Waals surface area contributed by atoms with Gasteiger partial charge in [0.05, 0.1) is 6.10 Å². The van der Waals surface area contributed by atoms with Gasteiger partial charge in [0.15, 0.2) is 0 Å². The molecule has 0 saturated heterocycles. The summed E-state index contributed by atoms with van der Waals surface area (Å²) in [6.45, 7) is 1.69. The lowest BCUT2D eigenvalue weighted by Crippen LogP contribution is -2.36. The molecule has 0 heterocycles. The zero-order valence-corrected chi connectivity index (χ0v) is 11.2. The van der Waals surface area contributed by atoms with E-state index in [1.807, 2.05) is 13.1 Å². The van der Waals surface area contributed by atoms with Gasteiger partial charge >= 0.3 is 0 Å². The van der Waals surface area contributed by atoms with Crippen molar-refractivity contribution >= 4 is 11.6 Å². The van der Waals surface area contributed by atoms with Gasteiger partial charge < -0.3 is 21.5 Å². The van der Waals surface area contributed by atoms with Crippen LogP contribution in [0.4, 0.5) is 5.69 Å². The monoisotopic (exact) mass is 263 g/mol. The maximum atomic E-state index is 11.0. The smallest absolute Gasteiger partial charge is 0.248 e. The fourth-order valence-corrected chi connectivity index (χ4v) is 2.54. The number of aliphatic hydroxyl groups excluding tert-OH is 1. The Bertz CT molecular complexity index is 470. The van der Waals surface area contributed by atoms with Gasteiger partial charge in [0.2, 0.25) is 5.91 Å². The second-order valence-corrected chi connectivity index (χ2v) is 5.47. The summed E-state index contributed by atoms with van der Waals surface area (Å²) in [4.78, 5) is 13.2. The molecule has 0 unspecified atom stereocenters. The quantitative estimate of drug-likeness (QED) is 0.677. The van der Waals surface area contributed by atoms with E-state index in [2.05, 4.69) is 4.90 Å². The molecule has 1 aliphatic rings. The van der Waals surface area contributed by atoms with E-state index in [-0.39, 0.29) is 6.10 Å². The Balaban J connectivity index is 1.93. The second kappa shape index (κ2) is 5.59. The molecule has 1 aromatic rings. The van der Waals surface area contributed by atoms with Crippen LogP contribution in [0, 0.1) is 5.92 Å². The van der Waals surface area contributed by atoms with Gasteiger partial charge in [-0.05, 0) is 43.5 Å². The second-order valence-electron chi connectivity index (χ2n) is 5.47. The summed E-state index contributed by atoms with van der Waals surface area (Å²) in [5.74, 6) is 0.112. The Morgan fingerprint density at radius 1 is 1.47 bits per heavy atom. The minimum absolute atomic E-state index is 0.113. The van der Waals surface area contributed by atoms with Crippen LogP contribution in [0.25, 0.3) is 0 Å². The molecule has 1 amide bonds. The molecule has 0 bridgehead atoms. The topological polar surface area (TPSA) is 92.6 Å². The maximum Gasteiger partial charge on any atom is 0.248 e. The highest BCUT2D eigenvalue weighted by Crippen LogP contribution is 2.28. The summed E-state index contributed by atoms with van der Waals surface area (Å²) in [5, 5.41) is 9.27. The zero-order chi connectivity index (χ0) is 14.0. The van der Waals surface area contributed by atoms with Crippen molar-refractivity contribution in [3.05, 3.63) is 29.3 Å². The number of aliphatic hydroxyl groups is 1. The lowest BCUT2D eigenvalue weighted by Gasteiger charge is -2.34. The summed E-state index contributed by atoms with van der Waals surface area (Å²) in [6.07, 6.45) is 1.67. The number of nitrogens with zero attached hydrogens (tertiary/aromatic N) is 1. The Hall–Kier alpha value is -1.59. The highest BCUT2D eigenvalue weighted by Gasteiger charge is 2.27. The average molecular weight is 263 g/mol. The van der Waals surface area contributed by atoms with E-state index < -0.39 is 5.91 Å². The van der Waals surface area contributed by atoms with Gasteiger partial charge in [0, 0.05) is 24.3 Å². The van der Waals surface area contributed by atoms with E-state index in [1.165, 1.54) is 0 Å². The minimum Gasteiger partial charge on any atom is -0.398 e. The molecule has 1 aliphatic carbocycles. The van der Waals surface area contributed by atoms with E-state index in [1.54, 1.807) is 12.1 Å². The van der Waals surface area contributed by atoms with Gasteiger partial charge in [0.1, 0.15) is 0 Å². The number of anilines is 1. The maximum absolute atomic E-state index is 11.0. The van der Waals surface area contributed by atoms with Gasteiger partial charge in [-0.15, -0.1) is 0 Å². The predicted molar refractivity (Wildman–Crippen MR) is 74.4 cm³/mol. The first-order valence-electron chi connectivity index (χ1n) is 6.50. The van der Waals surface area contributed by atoms with Crippen LogP contribution in [0.3, 0.4) is 0 Å². The number of hydrogen-bond acceptors (Lipinski definition) is 4. The van der Waals surface area contributed by atoms with E-state index in [9.17, 15) is 9.90 Å². The van der Waals surface area contributed by atoms with E-state index >= 15 is 0 Å². The fourth-order valence-electron chi connectivity index (χ4n) is 2.54. The Kier molecular flexibility index (Phi) is 4.07. The van der Waals surface area contributed by atoms with Crippen molar-refractivity contribution in [2.45, 2.75) is 25.5 Å². The number of amides is 1. The first-order chi connectivity index (χ1) is 8.95. The normalized spacial score (nSPS) is 22.3. The van der Waals surface area contributed by atoms with Crippen LogP contribution in [-0.2, 0) is 6.54 Å². The molecule has 5 nitrogen and oxygen atoms in total. The first-order valence-corrected chi connectivity index (χ1v) is 6.50. The van der Waals surface area contributed by atoms with Crippen molar-refractivity contribution < 1.29 is 9.90 Å². The molecule has 0 spiro atoms. The van der Waals surface area contributed by atoms with Crippen LogP contribution in [0.15, 0.2) is 18.2 Å². The molecule has 104 valence electrons. The van der Waals surface area contributed by atoms with Crippen molar-refractivity contribution in [3.8, 4) is 0 Å². The molecule has 1 aromatic carbocycles. The molecule has 2 rings (SSSR count). The molecule has 5 N–H and O–H groups in total. The summed E-state index contributed by atoms with van der Waals surface area (Å²) in [5.41, 5.74) is 13.2. The van der Waals surface area contributed by atoms with Crippen molar-refractivity contribution in [1.82, 2.24) is 4.90 Å². The third-order valence-electron chi connectivity index (χ3n) is 3.65. The highest BCUT2D eigenvalue weighted by atomic mass is 16.3. The van der Waals surface area contributed by atoms with E-state index in [0.717, 1.165) is 31.5 Å². The van der Waals surface area contributed by atoms with Crippen LogP contribution in [0.5, 0.6) is 0 Å². The van der Waals surface area contributed by atoms with Crippen molar-refractivity contribution in [2.24, 2.45) is 11.7 Å². The molecular weight excluding hydrogens is 242 g/mol. The van der Waals surface area contributed by atoms with Gasteiger partial charge in [-0.1, -0.05) is 6.07 Å². The number of rotatable bonds is 5. The molecule has 1 fully saturated rings. The van der Waals surface area contributed by atoms with Gasteiger partial charge in [-0.25, -0.2) is 0 Å². The van der Waals surface area contributed by atoms with E-state index in [4.69, 9.17) is 11.5 Å². The number of nitrogens with two attached hydrogens (primary N) is 2. The zero-order valence-electron chi connectivity index (χ0n) is 11.2. The third kappa shape index (κ3) is 3.45. The van der Waals surface area contributed by atoms with Gasteiger partial charge in [0.25, 0.3) is 0 Å². The Morgan fingerprint density at radius 2 is 2.16 bits per heavy atom. The van der Waals surface area contributed by atoms with Crippen LogP contribution in [-0.4, -0.2) is 35.6 Å². The van der Waals surface area contributed by atoms with E-state index in [0.29, 0.717) is 17.2 Å². The van der Waals surface area contributed by atoms with Crippen molar-refractivity contribution in [2.75, 3.05) is 19.3 Å². The first kappa shape index (κ1) is 13.8. The summed E-state index contributed by atoms with van der Waals surface area (Å²) < 4.78 is 0. The van der Waals surface area contributed by atoms with Crippen molar-refractivity contribution in [1.29, 1.82) is 0 Å². The van der Waals surface area contributed by atoms with Crippen molar-refractivity contribution in [3.63, 3.8) is 0 Å². The van der Waals surface area contributed by atoms with Crippen LogP contribution in [0.1, 0.15) is 28.8 Å². The number of carbonyl (C=O) groups is 1. The van der Waals surface area contributed by atoms with Crippen LogP contribution in [0.2, 0.25) is 0 Å². The SMILES string of the molecule is CN(Cc1ccc(C(N)=O)cc1N)CC1CC(O)C1. The molecule has 1 saturated carbocycles. The highest BCUT2D eigenvalue weighted by molar-refractivity contribution is 5.93. The number of primary amides is 1. The largest absolute Gasteiger partial charge is 0.398 e. The van der Waals surface area contributed by atoms with Crippen LogP contribution >= 0.6 is 0 Å². The third-order valence-corrected chi connectivity index (χ3v) is 3.65. The van der Waals surface area contributed by atoms with Gasteiger partial charge in [-0.3, -0.25) is 4.79 Å². The lowest BCUT2D eigenvalue weighted by atomic mass is 9.82. The molecular formula is C14H21N3O2. The minimum atomic E-state index is -0.463. The number of carbonyl (C=O) groups excluding carboxylic acids is 1. The molecule has 0 radical (unpaired) electrons. The molecule has 5 heteroatoms. The fraction of sp³-hybridized carbons (Fsp3) is 0.500. The Labute approximate surface area is 113 Å². The summed E-state index contributed by atoms with van der Waals surface area (Å²) >= 11 is 0. The number of hydrogen-bond donors (Lipinski definition) is 3. The average Bonchev–Trinajstić information content (AvgIpc) is 2.29. The number of benzene rings is 1.